The summed E-state index contributed by atoms with van der Waals surface area (Å²) >= 11 is 5.85. The summed E-state index contributed by atoms with van der Waals surface area (Å²) < 4.78 is 13.0. The summed E-state index contributed by atoms with van der Waals surface area (Å²) in [6.45, 7) is 0. The third-order valence-corrected chi connectivity index (χ3v) is 3.37. The van der Waals surface area contributed by atoms with E-state index >= 15 is 0 Å². The molecule has 0 bridgehead atoms. The molecule has 1 amide bonds. The second-order valence-corrected chi connectivity index (χ2v) is 5.34. The molecule has 7 heteroatoms. The van der Waals surface area contributed by atoms with Crippen molar-refractivity contribution in [2.45, 2.75) is 0 Å². The van der Waals surface area contributed by atoms with Crippen LogP contribution in [0, 0.1) is 5.82 Å². The minimum Gasteiger partial charge on any atom is -0.353 e. The van der Waals surface area contributed by atoms with E-state index in [4.69, 9.17) is 11.6 Å². The molecule has 0 aliphatic rings. The average molecular weight is 343 g/mol. The Morgan fingerprint density at radius 2 is 1.79 bits per heavy atom. The minimum atomic E-state index is -0.349. The van der Waals surface area contributed by atoms with E-state index in [1.165, 1.54) is 30.6 Å². The Labute approximate surface area is 142 Å². The summed E-state index contributed by atoms with van der Waals surface area (Å²) in [7, 11) is 0. The van der Waals surface area contributed by atoms with Gasteiger partial charge in [0.15, 0.2) is 0 Å². The zero-order valence-electron chi connectivity index (χ0n) is 12.3. The van der Waals surface area contributed by atoms with Gasteiger partial charge in [0.05, 0.1) is 28.2 Å². The van der Waals surface area contributed by atoms with Crippen LogP contribution in [0.1, 0.15) is 10.4 Å². The maximum atomic E-state index is 13.0. The summed E-state index contributed by atoms with van der Waals surface area (Å²) in [4.78, 5) is 20.2. The Kier molecular flexibility index (Phi) is 4.67. The molecule has 3 aromatic rings. The van der Waals surface area contributed by atoms with Gasteiger partial charge in [-0.15, -0.1) is 0 Å². The first-order valence-corrected chi connectivity index (χ1v) is 7.38. The fourth-order valence-corrected chi connectivity index (χ4v) is 2.20. The molecule has 0 radical (unpaired) electrons. The van der Waals surface area contributed by atoms with Crippen LogP contribution < -0.4 is 10.6 Å². The number of hydrogen-bond acceptors (Lipinski definition) is 4. The van der Waals surface area contributed by atoms with Gasteiger partial charge in [-0.25, -0.2) is 4.39 Å². The number of nitrogens with one attached hydrogen (secondary N) is 2. The number of aromatic nitrogens is 2. The van der Waals surface area contributed by atoms with E-state index in [1.54, 1.807) is 30.6 Å². The number of benzene rings is 1. The van der Waals surface area contributed by atoms with Gasteiger partial charge in [0.1, 0.15) is 5.82 Å². The summed E-state index contributed by atoms with van der Waals surface area (Å²) in [6, 6.07) is 9.05. The molecule has 0 saturated heterocycles. The second-order valence-electron chi connectivity index (χ2n) is 4.90. The Bertz CT molecular complexity index is 870. The van der Waals surface area contributed by atoms with Crippen molar-refractivity contribution >= 4 is 34.6 Å². The monoisotopic (exact) mass is 342 g/mol. The van der Waals surface area contributed by atoms with Gasteiger partial charge in [0, 0.05) is 24.3 Å². The molecule has 2 N–H and O–H groups in total. The van der Waals surface area contributed by atoms with Crippen molar-refractivity contribution in [3.63, 3.8) is 0 Å². The van der Waals surface area contributed by atoms with Gasteiger partial charge < -0.3 is 10.6 Å². The quantitative estimate of drug-likeness (QED) is 0.743. The molecule has 0 atom stereocenters. The first-order valence-electron chi connectivity index (χ1n) is 7.00. The van der Waals surface area contributed by atoms with E-state index < -0.39 is 0 Å². The molecule has 2 aromatic heterocycles. The van der Waals surface area contributed by atoms with Crippen molar-refractivity contribution < 1.29 is 9.18 Å². The Morgan fingerprint density at radius 3 is 2.54 bits per heavy atom. The van der Waals surface area contributed by atoms with Crippen molar-refractivity contribution in [1.82, 2.24) is 9.97 Å². The van der Waals surface area contributed by atoms with Crippen LogP contribution in [0.4, 0.5) is 21.5 Å². The number of halogens is 2. The van der Waals surface area contributed by atoms with Crippen molar-refractivity contribution in [2.75, 3.05) is 10.6 Å². The Balaban J connectivity index is 1.81. The number of anilines is 3. The van der Waals surface area contributed by atoms with Crippen molar-refractivity contribution in [3.05, 3.63) is 77.6 Å². The van der Waals surface area contributed by atoms with Gasteiger partial charge in [-0.3, -0.25) is 14.8 Å². The Morgan fingerprint density at radius 1 is 1.00 bits per heavy atom. The fraction of sp³-hybridized carbons (Fsp3) is 0. The number of pyridine rings is 2. The molecule has 0 saturated carbocycles. The lowest BCUT2D eigenvalue weighted by molar-refractivity contribution is 0.102. The summed E-state index contributed by atoms with van der Waals surface area (Å²) in [5.74, 6) is -0.674. The van der Waals surface area contributed by atoms with Crippen LogP contribution in [-0.4, -0.2) is 15.9 Å². The molecule has 0 unspecified atom stereocenters. The number of rotatable bonds is 4. The molecular formula is C17H12ClFN4O. The lowest BCUT2D eigenvalue weighted by Gasteiger charge is -2.12. The molecule has 2 heterocycles. The van der Waals surface area contributed by atoms with E-state index in [9.17, 15) is 9.18 Å². The van der Waals surface area contributed by atoms with Gasteiger partial charge >= 0.3 is 0 Å². The van der Waals surface area contributed by atoms with E-state index in [0.29, 0.717) is 27.6 Å². The molecule has 1 aromatic carbocycles. The van der Waals surface area contributed by atoms with Crippen LogP contribution in [0.3, 0.4) is 0 Å². The minimum absolute atomic E-state index is 0.325. The largest absolute Gasteiger partial charge is 0.353 e. The number of nitrogens with zero attached hydrogens (tertiary/aromatic N) is 2. The highest BCUT2D eigenvalue weighted by molar-refractivity contribution is 6.30. The summed E-state index contributed by atoms with van der Waals surface area (Å²) in [6.07, 6.45) is 6.00. The first kappa shape index (κ1) is 15.9. The fourth-order valence-electron chi connectivity index (χ4n) is 2.02. The predicted molar refractivity (Wildman–Crippen MR) is 91.1 cm³/mol. The molecule has 0 aliphatic heterocycles. The highest BCUT2D eigenvalue weighted by Crippen LogP contribution is 2.25. The molecule has 0 fully saturated rings. The number of carbonyl (C=O) groups excluding carboxylic acids is 1. The molecule has 24 heavy (non-hydrogen) atoms. The van der Waals surface area contributed by atoms with Gasteiger partial charge in [-0.1, -0.05) is 11.6 Å². The van der Waals surface area contributed by atoms with Gasteiger partial charge in [-0.2, -0.15) is 0 Å². The lowest BCUT2D eigenvalue weighted by atomic mass is 10.2. The normalized spacial score (nSPS) is 10.2. The molecule has 0 spiro atoms. The zero-order chi connectivity index (χ0) is 16.9. The van der Waals surface area contributed by atoms with Crippen molar-refractivity contribution in [3.8, 4) is 0 Å². The maximum absolute atomic E-state index is 13.0. The summed E-state index contributed by atoms with van der Waals surface area (Å²) in [5, 5.41) is 6.23. The Hall–Kier alpha value is -2.99. The third kappa shape index (κ3) is 3.85. The van der Waals surface area contributed by atoms with E-state index in [2.05, 4.69) is 20.6 Å². The zero-order valence-corrected chi connectivity index (χ0v) is 13.1. The number of hydrogen-bond donors (Lipinski definition) is 2. The first-order chi connectivity index (χ1) is 11.6. The van der Waals surface area contributed by atoms with Crippen LogP contribution >= 0.6 is 11.6 Å². The topological polar surface area (TPSA) is 66.9 Å². The number of carbonyl (C=O) groups is 1. The third-order valence-electron chi connectivity index (χ3n) is 3.16. The van der Waals surface area contributed by atoms with E-state index in [-0.39, 0.29) is 11.7 Å². The predicted octanol–water partition coefficient (Wildman–Crippen LogP) is 4.27. The van der Waals surface area contributed by atoms with Crippen molar-refractivity contribution in [2.24, 2.45) is 0 Å². The van der Waals surface area contributed by atoms with Crippen LogP contribution in [-0.2, 0) is 0 Å². The highest BCUT2D eigenvalue weighted by atomic mass is 35.5. The van der Waals surface area contributed by atoms with Crippen molar-refractivity contribution in [1.29, 1.82) is 0 Å². The molecule has 0 aliphatic carbocycles. The van der Waals surface area contributed by atoms with E-state index in [1.807, 2.05) is 0 Å². The van der Waals surface area contributed by atoms with Gasteiger partial charge in [-0.05, 0) is 36.4 Å². The SMILES string of the molecule is O=C(Nc1ccncc1Nc1ccc(F)cc1)c1cncc(Cl)c1. The molecular weight excluding hydrogens is 331 g/mol. The van der Waals surface area contributed by atoms with Crippen LogP contribution in [0.2, 0.25) is 5.02 Å². The molecule has 120 valence electrons. The highest BCUT2D eigenvalue weighted by Gasteiger charge is 2.10. The summed E-state index contributed by atoms with van der Waals surface area (Å²) in [5.41, 5.74) is 2.11. The van der Waals surface area contributed by atoms with Crippen LogP contribution in [0.15, 0.2) is 61.2 Å². The van der Waals surface area contributed by atoms with E-state index in [0.717, 1.165) is 0 Å². The molecule has 3 rings (SSSR count). The standard InChI is InChI=1S/C17H12ClFN4O/c18-12-7-11(8-21-9-12)17(24)23-15-5-6-20-10-16(15)22-14-3-1-13(19)2-4-14/h1-10,22H,(H,20,23,24). The average Bonchev–Trinajstić information content (AvgIpc) is 2.58. The number of amides is 1. The van der Waals surface area contributed by atoms with Gasteiger partial charge in [0.2, 0.25) is 0 Å². The lowest BCUT2D eigenvalue weighted by Crippen LogP contribution is -2.13. The molecule has 5 nitrogen and oxygen atoms in total. The van der Waals surface area contributed by atoms with Crippen LogP contribution in [0.25, 0.3) is 0 Å². The second kappa shape index (κ2) is 7.06. The van der Waals surface area contributed by atoms with Gasteiger partial charge in [0.25, 0.3) is 5.91 Å². The van der Waals surface area contributed by atoms with Crippen LogP contribution in [0.5, 0.6) is 0 Å². The smallest absolute Gasteiger partial charge is 0.257 e. The maximum Gasteiger partial charge on any atom is 0.257 e.